The van der Waals surface area contributed by atoms with Gasteiger partial charge in [-0.3, -0.25) is 4.79 Å². The third-order valence-electron chi connectivity index (χ3n) is 2.27. The molecule has 0 aliphatic rings. The van der Waals surface area contributed by atoms with Gasteiger partial charge < -0.3 is 11.1 Å². The quantitative estimate of drug-likeness (QED) is 0.634. The minimum absolute atomic E-state index is 0. The van der Waals surface area contributed by atoms with Crippen LogP contribution >= 0.6 is 12.4 Å². The van der Waals surface area contributed by atoms with Crippen LogP contribution in [0.3, 0.4) is 0 Å². The maximum atomic E-state index is 11.3. The predicted molar refractivity (Wildman–Crippen MR) is 67.2 cm³/mol. The molecular formula is C11H25ClN2O. The molecule has 0 aromatic rings. The van der Waals surface area contributed by atoms with Crippen molar-refractivity contribution in [2.75, 3.05) is 13.1 Å². The van der Waals surface area contributed by atoms with Crippen molar-refractivity contribution in [2.45, 2.75) is 46.0 Å². The predicted octanol–water partition coefficient (Wildman–Crippen LogP) is 2.09. The minimum atomic E-state index is 0. The monoisotopic (exact) mass is 236 g/mol. The number of unbranched alkanes of at least 4 members (excludes halogenated alkanes) is 1. The van der Waals surface area contributed by atoms with Crippen molar-refractivity contribution in [3.05, 3.63) is 0 Å². The fourth-order valence-electron chi connectivity index (χ4n) is 1.48. The van der Waals surface area contributed by atoms with Gasteiger partial charge in [0.1, 0.15) is 0 Å². The zero-order valence-electron chi connectivity index (χ0n) is 9.92. The van der Waals surface area contributed by atoms with Crippen LogP contribution in [0.15, 0.2) is 0 Å². The third-order valence-corrected chi connectivity index (χ3v) is 2.27. The molecule has 1 unspecified atom stereocenters. The lowest BCUT2D eigenvalue weighted by Crippen LogP contribution is -2.26. The Morgan fingerprint density at radius 1 is 1.40 bits per heavy atom. The topological polar surface area (TPSA) is 55.1 Å². The molecule has 0 spiro atoms. The number of rotatable bonds is 8. The number of amides is 1. The summed E-state index contributed by atoms with van der Waals surface area (Å²) in [5.74, 6) is 0.692. The summed E-state index contributed by atoms with van der Waals surface area (Å²) in [5.41, 5.74) is 5.35. The summed E-state index contributed by atoms with van der Waals surface area (Å²) in [4.78, 5) is 11.3. The van der Waals surface area contributed by atoms with Crippen LogP contribution in [0.1, 0.15) is 46.0 Å². The van der Waals surface area contributed by atoms with Crippen molar-refractivity contribution < 1.29 is 4.79 Å². The number of hydrogen-bond acceptors (Lipinski definition) is 2. The second-order valence-corrected chi connectivity index (χ2v) is 3.94. The van der Waals surface area contributed by atoms with Crippen LogP contribution in [0.4, 0.5) is 0 Å². The number of nitrogens with two attached hydrogens (primary N) is 1. The fourth-order valence-corrected chi connectivity index (χ4v) is 1.48. The lowest BCUT2D eigenvalue weighted by molar-refractivity contribution is -0.121. The van der Waals surface area contributed by atoms with E-state index in [9.17, 15) is 4.79 Å². The highest BCUT2D eigenvalue weighted by atomic mass is 35.5. The minimum Gasteiger partial charge on any atom is -0.356 e. The standard InChI is InChI=1S/C11H24N2O.ClH/c1-3-6-10(2)9-11(14)13-8-5-4-7-12;/h10H,3-9,12H2,1-2H3,(H,13,14);1H. The molecule has 3 N–H and O–H groups in total. The van der Waals surface area contributed by atoms with Crippen molar-refractivity contribution in [3.63, 3.8) is 0 Å². The average Bonchev–Trinajstić information content (AvgIpc) is 2.13. The number of carbonyl (C=O) groups is 1. The normalized spacial score (nSPS) is 11.7. The summed E-state index contributed by atoms with van der Waals surface area (Å²) in [5, 5.41) is 2.91. The van der Waals surface area contributed by atoms with Gasteiger partial charge in [-0.1, -0.05) is 26.7 Å². The van der Waals surface area contributed by atoms with Crippen molar-refractivity contribution in [3.8, 4) is 0 Å². The highest BCUT2D eigenvalue weighted by Gasteiger charge is 2.06. The van der Waals surface area contributed by atoms with Crippen molar-refractivity contribution in [2.24, 2.45) is 11.7 Å². The first-order chi connectivity index (χ1) is 6.70. The fraction of sp³-hybridized carbons (Fsp3) is 0.909. The molecular weight excluding hydrogens is 212 g/mol. The van der Waals surface area contributed by atoms with Crippen LogP contribution in [0.25, 0.3) is 0 Å². The van der Waals surface area contributed by atoms with E-state index < -0.39 is 0 Å². The highest BCUT2D eigenvalue weighted by molar-refractivity contribution is 5.85. The first kappa shape index (κ1) is 17.1. The molecule has 0 fully saturated rings. The van der Waals surface area contributed by atoms with Crippen molar-refractivity contribution in [1.82, 2.24) is 5.32 Å². The Labute approximate surface area is 99.6 Å². The molecule has 15 heavy (non-hydrogen) atoms. The summed E-state index contributed by atoms with van der Waals surface area (Å²) in [7, 11) is 0. The molecule has 0 aromatic carbocycles. The Bertz CT molecular complexity index is 154. The van der Waals surface area contributed by atoms with E-state index in [-0.39, 0.29) is 18.3 Å². The van der Waals surface area contributed by atoms with E-state index in [2.05, 4.69) is 19.2 Å². The first-order valence-corrected chi connectivity index (χ1v) is 5.67. The van der Waals surface area contributed by atoms with Crippen LogP contribution < -0.4 is 11.1 Å². The Hall–Kier alpha value is -0.280. The van der Waals surface area contributed by atoms with Gasteiger partial charge in [0.15, 0.2) is 0 Å². The molecule has 0 rings (SSSR count). The lowest BCUT2D eigenvalue weighted by Gasteiger charge is -2.09. The van der Waals surface area contributed by atoms with Gasteiger partial charge in [0.25, 0.3) is 0 Å². The molecule has 3 nitrogen and oxygen atoms in total. The van der Waals surface area contributed by atoms with Gasteiger partial charge >= 0.3 is 0 Å². The zero-order chi connectivity index (χ0) is 10.8. The van der Waals surface area contributed by atoms with Crippen molar-refractivity contribution in [1.29, 1.82) is 0 Å². The summed E-state index contributed by atoms with van der Waals surface area (Å²) >= 11 is 0. The van der Waals surface area contributed by atoms with Crippen molar-refractivity contribution >= 4 is 18.3 Å². The van der Waals surface area contributed by atoms with Gasteiger partial charge in [-0.2, -0.15) is 0 Å². The molecule has 1 amide bonds. The molecule has 0 aliphatic carbocycles. The van der Waals surface area contributed by atoms with Gasteiger partial charge in [0.05, 0.1) is 0 Å². The third kappa shape index (κ3) is 11.6. The first-order valence-electron chi connectivity index (χ1n) is 5.67. The maximum absolute atomic E-state index is 11.3. The molecule has 0 aliphatic heterocycles. The Balaban J connectivity index is 0. The van der Waals surface area contributed by atoms with E-state index >= 15 is 0 Å². The smallest absolute Gasteiger partial charge is 0.220 e. The van der Waals surface area contributed by atoms with Crippen LogP contribution in [-0.2, 0) is 4.79 Å². The summed E-state index contributed by atoms with van der Waals surface area (Å²) < 4.78 is 0. The molecule has 4 heteroatoms. The summed E-state index contributed by atoms with van der Waals surface area (Å²) in [6, 6.07) is 0. The number of halogens is 1. The van der Waals surface area contributed by atoms with Gasteiger partial charge in [-0.25, -0.2) is 0 Å². The lowest BCUT2D eigenvalue weighted by atomic mass is 10.0. The number of hydrogen-bond donors (Lipinski definition) is 2. The van der Waals surface area contributed by atoms with E-state index in [0.717, 1.165) is 32.2 Å². The molecule has 0 bridgehead atoms. The number of nitrogens with one attached hydrogen (secondary N) is 1. The Morgan fingerprint density at radius 2 is 2.07 bits per heavy atom. The largest absolute Gasteiger partial charge is 0.356 e. The van der Waals surface area contributed by atoms with Gasteiger partial charge in [-0.15, -0.1) is 12.4 Å². The highest BCUT2D eigenvalue weighted by Crippen LogP contribution is 2.08. The van der Waals surface area contributed by atoms with Crippen LogP contribution in [0.2, 0.25) is 0 Å². The Kier molecular flexibility index (Phi) is 13.5. The van der Waals surface area contributed by atoms with Crippen LogP contribution in [-0.4, -0.2) is 19.0 Å². The van der Waals surface area contributed by atoms with Gasteiger partial charge in [-0.05, 0) is 25.3 Å². The van der Waals surface area contributed by atoms with Gasteiger partial charge in [0, 0.05) is 13.0 Å². The summed E-state index contributed by atoms with van der Waals surface area (Å²) in [6.45, 7) is 5.76. The van der Waals surface area contributed by atoms with Gasteiger partial charge in [0.2, 0.25) is 5.91 Å². The summed E-state index contributed by atoms with van der Waals surface area (Å²) in [6.07, 6.45) is 4.93. The molecule has 0 saturated heterocycles. The molecule has 0 heterocycles. The van der Waals surface area contributed by atoms with E-state index in [1.54, 1.807) is 0 Å². The van der Waals surface area contributed by atoms with Crippen LogP contribution in [0.5, 0.6) is 0 Å². The molecule has 0 saturated carbocycles. The second kappa shape index (κ2) is 11.8. The molecule has 0 aromatic heterocycles. The SMILES string of the molecule is CCCC(C)CC(=O)NCCCCN.Cl. The Morgan fingerprint density at radius 3 is 2.60 bits per heavy atom. The second-order valence-electron chi connectivity index (χ2n) is 3.94. The van der Waals surface area contributed by atoms with E-state index in [1.807, 2.05) is 0 Å². The molecule has 1 atom stereocenters. The van der Waals surface area contributed by atoms with E-state index in [4.69, 9.17) is 5.73 Å². The van der Waals surface area contributed by atoms with Crippen LogP contribution in [0, 0.1) is 5.92 Å². The molecule has 0 radical (unpaired) electrons. The number of carbonyl (C=O) groups excluding carboxylic acids is 1. The maximum Gasteiger partial charge on any atom is 0.220 e. The van der Waals surface area contributed by atoms with E-state index in [1.165, 1.54) is 0 Å². The average molecular weight is 237 g/mol. The zero-order valence-corrected chi connectivity index (χ0v) is 10.7. The van der Waals surface area contributed by atoms with E-state index in [0.29, 0.717) is 18.9 Å². The molecule has 92 valence electrons.